The van der Waals surface area contributed by atoms with Gasteiger partial charge in [0.05, 0.1) is 11.4 Å². The minimum absolute atomic E-state index is 0.124. The maximum absolute atomic E-state index is 13.4. The lowest BCUT2D eigenvalue weighted by Gasteiger charge is -2.35. The lowest BCUT2D eigenvalue weighted by molar-refractivity contribution is -0.0901. The van der Waals surface area contributed by atoms with Crippen LogP contribution in [0.15, 0.2) is 24.3 Å². The van der Waals surface area contributed by atoms with Crippen molar-refractivity contribution in [2.75, 3.05) is 31.5 Å². The highest BCUT2D eigenvalue weighted by Crippen LogP contribution is 2.37. The van der Waals surface area contributed by atoms with Crippen LogP contribution in [0.3, 0.4) is 0 Å². The molecule has 1 aliphatic heterocycles. The van der Waals surface area contributed by atoms with E-state index in [9.17, 15) is 18.0 Å². The first-order valence-electron chi connectivity index (χ1n) is 11.5. The van der Waals surface area contributed by atoms with Gasteiger partial charge in [-0.15, -0.1) is 0 Å². The first kappa shape index (κ1) is 23.5. The predicted octanol–water partition coefficient (Wildman–Crippen LogP) is 4.11. The van der Waals surface area contributed by atoms with Crippen LogP contribution >= 0.6 is 0 Å². The Morgan fingerprint density at radius 1 is 1.18 bits per heavy atom. The molecule has 1 amide bonds. The van der Waals surface area contributed by atoms with Gasteiger partial charge >= 0.3 is 0 Å². The number of aromatic nitrogens is 2. The normalized spacial score (nSPS) is 19.2. The summed E-state index contributed by atoms with van der Waals surface area (Å²) in [5, 5.41) is 6.01. The lowest BCUT2D eigenvalue weighted by Crippen LogP contribution is -2.50. The van der Waals surface area contributed by atoms with E-state index < -0.39 is 17.9 Å². The van der Waals surface area contributed by atoms with Crippen molar-refractivity contribution in [3.8, 4) is 0 Å². The average molecular weight is 462 g/mol. The largest absolute Gasteiger partial charge is 0.367 e. The number of rotatable bonds is 8. The van der Waals surface area contributed by atoms with E-state index in [0.717, 1.165) is 25.2 Å². The zero-order valence-electron chi connectivity index (χ0n) is 19.0. The van der Waals surface area contributed by atoms with Crippen molar-refractivity contribution in [1.82, 2.24) is 20.2 Å². The molecule has 1 atom stereocenters. The molecule has 9 heteroatoms. The molecule has 2 fully saturated rings. The van der Waals surface area contributed by atoms with Gasteiger partial charge < -0.3 is 15.5 Å². The van der Waals surface area contributed by atoms with Gasteiger partial charge in [-0.3, -0.25) is 4.79 Å². The number of benzene rings is 1. The zero-order chi connectivity index (χ0) is 23.6. The van der Waals surface area contributed by atoms with Gasteiger partial charge in [-0.25, -0.2) is 23.1 Å². The molecule has 0 bridgehead atoms. The van der Waals surface area contributed by atoms with Gasteiger partial charge in [0, 0.05) is 37.9 Å². The lowest BCUT2D eigenvalue weighted by atomic mass is 9.88. The van der Waals surface area contributed by atoms with E-state index in [0.29, 0.717) is 23.8 Å². The van der Waals surface area contributed by atoms with Crippen LogP contribution in [0.4, 0.5) is 19.0 Å². The first-order chi connectivity index (χ1) is 15.7. The third-order valence-electron chi connectivity index (χ3n) is 6.44. The molecular formula is C24H30F3N5O. The molecule has 1 saturated heterocycles. The molecule has 2 N–H and O–H groups in total. The summed E-state index contributed by atoms with van der Waals surface area (Å²) in [7, 11) is 0. The quantitative estimate of drug-likeness (QED) is 0.619. The van der Waals surface area contributed by atoms with Gasteiger partial charge in [0.1, 0.15) is 17.3 Å². The molecule has 1 aromatic carbocycles. The van der Waals surface area contributed by atoms with Crippen LogP contribution in [0.2, 0.25) is 0 Å². The van der Waals surface area contributed by atoms with Crippen LogP contribution in [0.5, 0.6) is 0 Å². The van der Waals surface area contributed by atoms with E-state index in [1.807, 2.05) is 6.92 Å². The molecule has 6 nitrogen and oxygen atoms in total. The van der Waals surface area contributed by atoms with E-state index >= 15 is 0 Å². The SMILES string of the molecule is Cc1nc(NCCN2CCCC2)c(C(C)c2ccc(F)cc2)nc1C(=O)NC1CC(F)(F)C1. The summed E-state index contributed by atoms with van der Waals surface area (Å²) in [5.74, 6) is -3.23. The topological polar surface area (TPSA) is 70.2 Å². The van der Waals surface area contributed by atoms with E-state index in [1.54, 1.807) is 19.1 Å². The number of carbonyl (C=O) groups is 1. The summed E-state index contributed by atoms with van der Waals surface area (Å²) < 4.78 is 39.8. The van der Waals surface area contributed by atoms with Crippen LogP contribution < -0.4 is 10.6 Å². The number of hydrogen-bond acceptors (Lipinski definition) is 5. The van der Waals surface area contributed by atoms with Gasteiger partial charge in [0.2, 0.25) is 0 Å². The number of hydrogen-bond donors (Lipinski definition) is 2. The van der Waals surface area contributed by atoms with Crippen molar-refractivity contribution in [2.24, 2.45) is 0 Å². The Bertz CT molecular complexity index is 984. The highest BCUT2D eigenvalue weighted by molar-refractivity contribution is 5.93. The number of anilines is 1. The molecule has 2 aromatic rings. The Labute approximate surface area is 192 Å². The zero-order valence-corrected chi connectivity index (χ0v) is 19.0. The fourth-order valence-electron chi connectivity index (χ4n) is 4.44. The van der Waals surface area contributed by atoms with Gasteiger partial charge in [0.25, 0.3) is 11.8 Å². The van der Waals surface area contributed by atoms with Crippen molar-refractivity contribution in [1.29, 1.82) is 0 Å². The van der Waals surface area contributed by atoms with Crippen LogP contribution in [-0.2, 0) is 0 Å². The monoisotopic (exact) mass is 461 g/mol. The fourth-order valence-corrected chi connectivity index (χ4v) is 4.44. The number of nitrogens with one attached hydrogen (secondary N) is 2. The second-order valence-corrected chi connectivity index (χ2v) is 9.07. The first-order valence-corrected chi connectivity index (χ1v) is 11.5. The standard InChI is InChI=1S/C24H30F3N5O/c1-15(17-5-7-18(25)8-6-17)20-22(28-9-12-32-10-3-4-11-32)29-16(2)21(31-20)23(33)30-19-13-24(26,27)14-19/h5-8,15,19H,3-4,9-14H2,1-2H3,(H,28,29)(H,30,33). The van der Waals surface area contributed by atoms with E-state index in [1.165, 1.54) is 25.0 Å². The van der Waals surface area contributed by atoms with Crippen molar-refractivity contribution in [3.63, 3.8) is 0 Å². The molecule has 4 rings (SSSR count). The van der Waals surface area contributed by atoms with Crippen molar-refractivity contribution < 1.29 is 18.0 Å². The molecule has 2 aliphatic rings. The van der Waals surface area contributed by atoms with Crippen molar-refractivity contribution >= 4 is 11.7 Å². The molecular weight excluding hydrogens is 431 g/mol. The van der Waals surface area contributed by atoms with Gasteiger partial charge in [-0.2, -0.15) is 0 Å². The minimum Gasteiger partial charge on any atom is -0.367 e. The molecule has 0 radical (unpaired) electrons. The molecule has 1 unspecified atom stereocenters. The highest BCUT2D eigenvalue weighted by atomic mass is 19.3. The second-order valence-electron chi connectivity index (χ2n) is 9.07. The van der Waals surface area contributed by atoms with Crippen molar-refractivity contribution in [3.05, 3.63) is 52.7 Å². The number of amides is 1. The third kappa shape index (κ3) is 5.63. The number of halogens is 3. The summed E-state index contributed by atoms with van der Waals surface area (Å²) in [4.78, 5) is 24.4. The minimum atomic E-state index is -2.72. The average Bonchev–Trinajstić information content (AvgIpc) is 3.26. The number of alkyl halides is 2. The molecule has 0 spiro atoms. The Morgan fingerprint density at radius 3 is 2.48 bits per heavy atom. The summed E-state index contributed by atoms with van der Waals surface area (Å²) in [6.07, 6.45) is 1.70. The number of carbonyl (C=O) groups excluding carboxylic acids is 1. The molecule has 1 aromatic heterocycles. The predicted molar refractivity (Wildman–Crippen MR) is 120 cm³/mol. The molecule has 2 heterocycles. The van der Waals surface area contributed by atoms with E-state index in [2.05, 4.69) is 25.5 Å². The van der Waals surface area contributed by atoms with Gasteiger partial charge in [-0.1, -0.05) is 19.1 Å². The Morgan fingerprint density at radius 2 is 1.85 bits per heavy atom. The smallest absolute Gasteiger partial charge is 0.272 e. The van der Waals surface area contributed by atoms with Crippen molar-refractivity contribution in [2.45, 2.75) is 57.4 Å². The Kier molecular flexibility index (Phi) is 6.88. The highest BCUT2D eigenvalue weighted by Gasteiger charge is 2.46. The van der Waals surface area contributed by atoms with E-state index in [-0.39, 0.29) is 30.3 Å². The number of likely N-dealkylation sites (tertiary alicyclic amines) is 1. The second kappa shape index (κ2) is 9.67. The fraction of sp³-hybridized carbons (Fsp3) is 0.542. The Balaban J connectivity index is 1.56. The summed E-state index contributed by atoms with van der Waals surface area (Å²) in [6, 6.07) is 5.58. The molecule has 178 valence electrons. The van der Waals surface area contributed by atoms with Crippen LogP contribution in [-0.4, -0.2) is 58.9 Å². The van der Waals surface area contributed by atoms with Crippen LogP contribution in [0.1, 0.15) is 66.0 Å². The molecule has 1 aliphatic carbocycles. The number of aryl methyl sites for hydroxylation is 1. The number of nitrogens with zero attached hydrogens (tertiary/aromatic N) is 3. The summed E-state index contributed by atoms with van der Waals surface area (Å²) in [6.45, 7) is 7.35. The van der Waals surface area contributed by atoms with Crippen LogP contribution in [0, 0.1) is 12.7 Å². The Hall–Kier alpha value is -2.68. The molecule has 33 heavy (non-hydrogen) atoms. The molecule has 1 saturated carbocycles. The summed E-state index contributed by atoms with van der Waals surface area (Å²) in [5.41, 5.74) is 1.96. The van der Waals surface area contributed by atoms with Gasteiger partial charge in [0.15, 0.2) is 0 Å². The third-order valence-corrected chi connectivity index (χ3v) is 6.44. The maximum atomic E-state index is 13.4. The van der Waals surface area contributed by atoms with Crippen LogP contribution in [0.25, 0.3) is 0 Å². The maximum Gasteiger partial charge on any atom is 0.272 e. The van der Waals surface area contributed by atoms with E-state index in [4.69, 9.17) is 0 Å². The summed E-state index contributed by atoms with van der Waals surface area (Å²) >= 11 is 0. The van der Waals surface area contributed by atoms with Gasteiger partial charge in [-0.05, 0) is 50.6 Å².